The van der Waals surface area contributed by atoms with E-state index >= 15 is 0 Å². The number of rotatable bonds is 3. The molecule has 2 aliphatic rings. The lowest BCUT2D eigenvalue weighted by molar-refractivity contribution is -0.123. The Hall–Kier alpha value is -0.860. The number of nitrogens with zero attached hydrogens (tertiary/aromatic N) is 1. The minimum absolute atomic E-state index is 0.119. The summed E-state index contributed by atoms with van der Waals surface area (Å²) in [6.07, 6.45) is 11.1. The standard InChI is InChI=1S/C17H30N2O/c1-17(2,3)12-13-7-6-8-14(11-13)19-16(20)15-9-4-5-10-18-15/h10,13-15H,4-9,11-12H2,1-3H3,(H,19,20). The van der Waals surface area contributed by atoms with Gasteiger partial charge in [0.1, 0.15) is 6.04 Å². The predicted molar refractivity (Wildman–Crippen MR) is 84.1 cm³/mol. The molecule has 0 saturated heterocycles. The maximum absolute atomic E-state index is 12.2. The van der Waals surface area contributed by atoms with E-state index in [0.29, 0.717) is 11.5 Å². The summed E-state index contributed by atoms with van der Waals surface area (Å²) in [5.41, 5.74) is 0.393. The Morgan fingerprint density at radius 2 is 2.05 bits per heavy atom. The van der Waals surface area contributed by atoms with E-state index in [0.717, 1.165) is 38.0 Å². The lowest BCUT2D eigenvalue weighted by atomic mass is 9.76. The number of aliphatic imine (C=N–C) groups is 1. The molecule has 20 heavy (non-hydrogen) atoms. The van der Waals surface area contributed by atoms with E-state index in [4.69, 9.17) is 0 Å². The smallest absolute Gasteiger partial charge is 0.244 e. The summed E-state index contributed by atoms with van der Waals surface area (Å²) < 4.78 is 0. The molecule has 1 aliphatic carbocycles. The average Bonchev–Trinajstić information content (AvgIpc) is 2.38. The van der Waals surface area contributed by atoms with Crippen LogP contribution in [0, 0.1) is 11.3 Å². The van der Waals surface area contributed by atoms with Crippen LogP contribution in [0.3, 0.4) is 0 Å². The van der Waals surface area contributed by atoms with Gasteiger partial charge in [-0.05, 0) is 56.1 Å². The molecule has 0 radical (unpaired) electrons. The van der Waals surface area contributed by atoms with Gasteiger partial charge in [-0.25, -0.2) is 0 Å². The zero-order valence-electron chi connectivity index (χ0n) is 13.3. The zero-order valence-corrected chi connectivity index (χ0v) is 13.3. The van der Waals surface area contributed by atoms with Gasteiger partial charge >= 0.3 is 0 Å². The first-order valence-electron chi connectivity index (χ1n) is 8.26. The largest absolute Gasteiger partial charge is 0.352 e. The Morgan fingerprint density at radius 1 is 1.25 bits per heavy atom. The van der Waals surface area contributed by atoms with Crippen molar-refractivity contribution in [2.45, 2.75) is 84.2 Å². The Balaban J connectivity index is 1.81. The molecule has 1 amide bonds. The number of nitrogens with one attached hydrogen (secondary N) is 1. The molecule has 1 fully saturated rings. The Labute approximate surface area is 123 Å². The van der Waals surface area contributed by atoms with E-state index in [1.165, 1.54) is 19.3 Å². The highest BCUT2D eigenvalue weighted by atomic mass is 16.2. The summed E-state index contributed by atoms with van der Waals surface area (Å²) in [7, 11) is 0. The maximum atomic E-state index is 12.2. The van der Waals surface area contributed by atoms with Crippen molar-refractivity contribution in [2.24, 2.45) is 16.3 Å². The van der Waals surface area contributed by atoms with Gasteiger partial charge in [-0.3, -0.25) is 9.79 Å². The fourth-order valence-electron chi connectivity index (χ4n) is 3.65. The van der Waals surface area contributed by atoms with Gasteiger partial charge in [0.25, 0.3) is 0 Å². The first-order valence-corrected chi connectivity index (χ1v) is 8.26. The molecule has 0 bridgehead atoms. The number of hydrogen-bond donors (Lipinski definition) is 1. The number of carbonyl (C=O) groups is 1. The van der Waals surface area contributed by atoms with Gasteiger partial charge in [0.05, 0.1) is 0 Å². The minimum atomic E-state index is -0.119. The second-order valence-corrected chi connectivity index (χ2v) is 7.78. The summed E-state index contributed by atoms with van der Waals surface area (Å²) in [4.78, 5) is 16.6. The highest BCUT2D eigenvalue weighted by molar-refractivity contribution is 5.84. The van der Waals surface area contributed by atoms with Gasteiger partial charge in [-0.1, -0.05) is 33.6 Å². The van der Waals surface area contributed by atoms with E-state index in [9.17, 15) is 4.79 Å². The maximum Gasteiger partial charge on any atom is 0.244 e. The van der Waals surface area contributed by atoms with Crippen LogP contribution in [0.15, 0.2) is 4.99 Å². The van der Waals surface area contributed by atoms with Crippen LogP contribution in [0.4, 0.5) is 0 Å². The van der Waals surface area contributed by atoms with E-state index < -0.39 is 0 Å². The Morgan fingerprint density at radius 3 is 2.70 bits per heavy atom. The third-order valence-corrected chi connectivity index (χ3v) is 4.43. The molecule has 0 aromatic carbocycles. The van der Waals surface area contributed by atoms with Crippen molar-refractivity contribution in [3.05, 3.63) is 0 Å². The third kappa shape index (κ3) is 4.92. The fraction of sp³-hybridized carbons (Fsp3) is 0.882. The van der Waals surface area contributed by atoms with E-state index in [1.807, 2.05) is 6.21 Å². The molecular weight excluding hydrogens is 248 g/mol. The van der Waals surface area contributed by atoms with Gasteiger partial charge < -0.3 is 5.32 Å². The Kier molecular flexibility index (Phi) is 5.22. The highest BCUT2D eigenvalue weighted by Gasteiger charge is 2.28. The first kappa shape index (κ1) is 15.5. The lowest BCUT2D eigenvalue weighted by Gasteiger charge is -2.34. The molecule has 1 saturated carbocycles. The SMILES string of the molecule is CC(C)(C)CC1CCCC(NC(=O)C2CCCC=N2)C1. The summed E-state index contributed by atoms with van der Waals surface area (Å²) in [6.45, 7) is 6.93. The van der Waals surface area contributed by atoms with Crippen LogP contribution in [-0.4, -0.2) is 24.2 Å². The number of carbonyl (C=O) groups excluding carboxylic acids is 1. The number of amides is 1. The minimum Gasteiger partial charge on any atom is -0.352 e. The first-order chi connectivity index (χ1) is 9.44. The van der Waals surface area contributed by atoms with Crippen LogP contribution in [-0.2, 0) is 4.79 Å². The Bertz CT molecular complexity index is 356. The van der Waals surface area contributed by atoms with Crippen molar-refractivity contribution in [3.63, 3.8) is 0 Å². The monoisotopic (exact) mass is 278 g/mol. The van der Waals surface area contributed by atoms with E-state index in [-0.39, 0.29) is 11.9 Å². The van der Waals surface area contributed by atoms with Crippen molar-refractivity contribution in [1.29, 1.82) is 0 Å². The molecule has 2 rings (SSSR count). The van der Waals surface area contributed by atoms with Crippen molar-refractivity contribution in [3.8, 4) is 0 Å². The molecule has 3 unspecified atom stereocenters. The van der Waals surface area contributed by atoms with Crippen LogP contribution in [0.2, 0.25) is 0 Å². The number of hydrogen-bond acceptors (Lipinski definition) is 2. The topological polar surface area (TPSA) is 41.5 Å². The van der Waals surface area contributed by atoms with Gasteiger partial charge in [0.2, 0.25) is 5.91 Å². The van der Waals surface area contributed by atoms with Crippen LogP contribution in [0.1, 0.15) is 72.1 Å². The molecule has 1 N–H and O–H groups in total. The molecule has 3 nitrogen and oxygen atoms in total. The van der Waals surface area contributed by atoms with Crippen molar-refractivity contribution in [1.82, 2.24) is 5.32 Å². The summed E-state index contributed by atoms with van der Waals surface area (Å²) in [6, 6.07) is 0.257. The molecule has 1 heterocycles. The van der Waals surface area contributed by atoms with Crippen LogP contribution >= 0.6 is 0 Å². The molecule has 0 aromatic rings. The van der Waals surface area contributed by atoms with Crippen molar-refractivity contribution < 1.29 is 4.79 Å². The summed E-state index contributed by atoms with van der Waals surface area (Å²) in [5, 5.41) is 3.25. The summed E-state index contributed by atoms with van der Waals surface area (Å²) in [5.74, 6) is 0.922. The molecule has 1 aliphatic heterocycles. The normalized spacial score (nSPS) is 31.1. The molecule has 0 spiro atoms. The highest BCUT2D eigenvalue weighted by Crippen LogP contribution is 2.34. The van der Waals surface area contributed by atoms with Crippen molar-refractivity contribution >= 4 is 12.1 Å². The molecule has 3 heteroatoms. The zero-order chi connectivity index (χ0) is 14.6. The van der Waals surface area contributed by atoms with Crippen LogP contribution in [0.25, 0.3) is 0 Å². The quantitative estimate of drug-likeness (QED) is 0.840. The van der Waals surface area contributed by atoms with Gasteiger partial charge in [-0.15, -0.1) is 0 Å². The van der Waals surface area contributed by atoms with Crippen molar-refractivity contribution in [2.75, 3.05) is 0 Å². The predicted octanol–water partition coefficient (Wildman–Crippen LogP) is 3.72. The third-order valence-electron chi connectivity index (χ3n) is 4.43. The van der Waals surface area contributed by atoms with Crippen LogP contribution in [0.5, 0.6) is 0 Å². The molecule has 3 atom stereocenters. The molecular formula is C17H30N2O. The van der Waals surface area contributed by atoms with Gasteiger partial charge in [0.15, 0.2) is 0 Å². The van der Waals surface area contributed by atoms with E-state index in [2.05, 4.69) is 31.1 Å². The van der Waals surface area contributed by atoms with Gasteiger partial charge in [-0.2, -0.15) is 0 Å². The fourth-order valence-corrected chi connectivity index (χ4v) is 3.65. The van der Waals surface area contributed by atoms with Gasteiger partial charge in [0, 0.05) is 6.04 Å². The average molecular weight is 278 g/mol. The molecule has 0 aromatic heterocycles. The van der Waals surface area contributed by atoms with Crippen LogP contribution < -0.4 is 5.32 Å². The second-order valence-electron chi connectivity index (χ2n) is 7.78. The van der Waals surface area contributed by atoms with E-state index in [1.54, 1.807) is 0 Å². The molecule has 114 valence electrons. The lowest BCUT2D eigenvalue weighted by Crippen LogP contribution is -2.43. The second kappa shape index (κ2) is 6.73. The summed E-state index contributed by atoms with van der Waals surface area (Å²) >= 11 is 0.